The van der Waals surface area contributed by atoms with Gasteiger partial charge >= 0.3 is 0 Å². The summed E-state index contributed by atoms with van der Waals surface area (Å²) < 4.78 is 5.16. The third-order valence-electron chi connectivity index (χ3n) is 4.62. The fraction of sp³-hybridized carbons (Fsp3) is 0.263. The van der Waals surface area contributed by atoms with Gasteiger partial charge in [0.1, 0.15) is 0 Å². The second-order valence-corrected chi connectivity index (χ2v) is 6.23. The van der Waals surface area contributed by atoms with Crippen LogP contribution >= 0.6 is 0 Å². The highest BCUT2D eigenvalue weighted by Crippen LogP contribution is 2.16. The molecular weight excluding hydrogens is 318 g/mol. The zero-order valence-corrected chi connectivity index (χ0v) is 13.8. The van der Waals surface area contributed by atoms with Crippen LogP contribution in [0.2, 0.25) is 0 Å². The number of aromatic nitrogens is 1. The zero-order chi connectivity index (χ0) is 17.2. The topological polar surface area (TPSA) is 69.6 Å². The Morgan fingerprint density at radius 2 is 1.84 bits per heavy atom. The number of rotatable bonds is 3. The molecule has 0 aliphatic carbocycles. The molecule has 3 aromatic rings. The summed E-state index contributed by atoms with van der Waals surface area (Å²) in [5.41, 5.74) is 2.08. The molecule has 0 unspecified atom stereocenters. The third kappa shape index (κ3) is 3.15. The van der Waals surface area contributed by atoms with Crippen LogP contribution in [-0.4, -0.2) is 52.8 Å². The fourth-order valence-corrected chi connectivity index (χ4v) is 3.21. The van der Waals surface area contributed by atoms with E-state index in [4.69, 9.17) is 4.42 Å². The summed E-state index contributed by atoms with van der Waals surface area (Å²) in [5, 5.41) is 1.11. The van der Waals surface area contributed by atoms with E-state index in [1.807, 2.05) is 35.4 Å². The average Bonchev–Trinajstić information content (AvgIpc) is 3.32. The van der Waals surface area contributed by atoms with Gasteiger partial charge in [-0.05, 0) is 41.3 Å². The van der Waals surface area contributed by atoms with Gasteiger partial charge in [0.05, 0.1) is 12.7 Å². The Hall–Kier alpha value is -3.02. The number of nitrogens with zero attached hydrogens (tertiary/aromatic N) is 2. The Morgan fingerprint density at radius 3 is 2.60 bits per heavy atom. The van der Waals surface area contributed by atoms with E-state index in [9.17, 15) is 9.59 Å². The second-order valence-electron chi connectivity index (χ2n) is 6.23. The van der Waals surface area contributed by atoms with Gasteiger partial charge in [-0.3, -0.25) is 9.59 Å². The molecule has 25 heavy (non-hydrogen) atoms. The van der Waals surface area contributed by atoms with Crippen molar-refractivity contribution >= 4 is 22.7 Å². The van der Waals surface area contributed by atoms with Crippen LogP contribution in [0.3, 0.4) is 0 Å². The lowest BCUT2D eigenvalue weighted by Gasteiger charge is -2.34. The van der Waals surface area contributed by atoms with Crippen LogP contribution in [0.15, 0.2) is 53.3 Å². The molecule has 0 saturated carbocycles. The van der Waals surface area contributed by atoms with E-state index < -0.39 is 0 Å². The zero-order valence-electron chi connectivity index (χ0n) is 13.8. The van der Waals surface area contributed by atoms with Gasteiger partial charge in [-0.2, -0.15) is 0 Å². The van der Waals surface area contributed by atoms with Gasteiger partial charge < -0.3 is 19.2 Å². The van der Waals surface area contributed by atoms with Gasteiger partial charge in [0.15, 0.2) is 5.76 Å². The summed E-state index contributed by atoms with van der Waals surface area (Å²) >= 11 is 0. The van der Waals surface area contributed by atoms with Crippen LogP contribution in [0.25, 0.3) is 10.9 Å². The minimum atomic E-state index is -0.116. The number of benzene rings is 1. The number of piperazine rings is 1. The largest absolute Gasteiger partial charge is 0.459 e. The molecule has 0 spiro atoms. The van der Waals surface area contributed by atoms with Crippen molar-refractivity contribution in [3.8, 4) is 0 Å². The first kappa shape index (κ1) is 15.5. The standard InChI is InChI=1S/C19H19N3O3/c23-18(13-14-3-4-16-15(12-14)5-6-20-16)21-7-9-22(10-8-21)19(24)17-2-1-11-25-17/h1-6,11-12,20H,7-10,13H2. The summed E-state index contributed by atoms with van der Waals surface area (Å²) in [6, 6.07) is 11.4. The van der Waals surface area contributed by atoms with E-state index >= 15 is 0 Å². The molecule has 1 fully saturated rings. The SMILES string of the molecule is O=C(Cc1ccc2[nH]ccc2c1)N1CCN(C(=O)c2ccco2)CC1. The number of H-pyrrole nitrogens is 1. The number of carbonyl (C=O) groups excluding carboxylic acids is 2. The highest BCUT2D eigenvalue weighted by atomic mass is 16.3. The van der Waals surface area contributed by atoms with Crippen LogP contribution < -0.4 is 0 Å². The number of hydrogen-bond acceptors (Lipinski definition) is 3. The minimum Gasteiger partial charge on any atom is -0.459 e. The molecule has 1 aliphatic rings. The van der Waals surface area contributed by atoms with Gasteiger partial charge in [-0.1, -0.05) is 6.07 Å². The Bertz CT molecular complexity index is 890. The third-order valence-corrected chi connectivity index (χ3v) is 4.62. The predicted molar refractivity (Wildman–Crippen MR) is 93.2 cm³/mol. The van der Waals surface area contributed by atoms with Crippen molar-refractivity contribution in [2.45, 2.75) is 6.42 Å². The first-order chi connectivity index (χ1) is 12.2. The summed E-state index contributed by atoms with van der Waals surface area (Å²) in [7, 11) is 0. The Labute approximate surface area is 145 Å². The monoisotopic (exact) mass is 337 g/mol. The lowest BCUT2D eigenvalue weighted by atomic mass is 10.1. The van der Waals surface area contributed by atoms with Crippen LogP contribution in [0.1, 0.15) is 16.1 Å². The lowest BCUT2D eigenvalue weighted by Crippen LogP contribution is -2.50. The Balaban J connectivity index is 1.35. The molecular formula is C19H19N3O3. The molecule has 0 bridgehead atoms. The number of nitrogens with one attached hydrogen (secondary N) is 1. The quantitative estimate of drug-likeness (QED) is 0.797. The number of carbonyl (C=O) groups is 2. The van der Waals surface area contributed by atoms with Crippen molar-refractivity contribution < 1.29 is 14.0 Å². The molecule has 1 saturated heterocycles. The molecule has 0 atom stereocenters. The van der Waals surface area contributed by atoms with E-state index in [0.29, 0.717) is 38.4 Å². The number of aromatic amines is 1. The smallest absolute Gasteiger partial charge is 0.289 e. The molecule has 2 amide bonds. The normalized spacial score (nSPS) is 14.9. The lowest BCUT2D eigenvalue weighted by molar-refractivity contribution is -0.131. The van der Waals surface area contributed by atoms with Gasteiger partial charge in [0.25, 0.3) is 5.91 Å². The van der Waals surface area contributed by atoms with Crippen LogP contribution in [0, 0.1) is 0 Å². The van der Waals surface area contributed by atoms with Crippen molar-refractivity contribution in [2.24, 2.45) is 0 Å². The Morgan fingerprint density at radius 1 is 1.04 bits per heavy atom. The number of hydrogen-bond donors (Lipinski definition) is 1. The summed E-state index contributed by atoms with van der Waals surface area (Å²) in [4.78, 5) is 31.5. The highest BCUT2D eigenvalue weighted by Gasteiger charge is 2.26. The van der Waals surface area contributed by atoms with Crippen LogP contribution in [0.5, 0.6) is 0 Å². The molecule has 6 nitrogen and oxygen atoms in total. The van der Waals surface area contributed by atoms with Crippen molar-refractivity contribution in [1.29, 1.82) is 0 Å². The van der Waals surface area contributed by atoms with E-state index in [0.717, 1.165) is 16.5 Å². The molecule has 4 rings (SSSR count). The van der Waals surface area contributed by atoms with E-state index in [2.05, 4.69) is 4.98 Å². The second kappa shape index (κ2) is 6.47. The van der Waals surface area contributed by atoms with Gasteiger partial charge in [-0.15, -0.1) is 0 Å². The fourth-order valence-electron chi connectivity index (χ4n) is 3.21. The Kier molecular flexibility index (Phi) is 4.01. The van der Waals surface area contributed by atoms with Gasteiger partial charge in [0.2, 0.25) is 5.91 Å². The molecule has 0 radical (unpaired) electrons. The highest BCUT2D eigenvalue weighted by molar-refractivity contribution is 5.91. The molecule has 1 aromatic carbocycles. The number of furan rings is 1. The number of amides is 2. The maximum Gasteiger partial charge on any atom is 0.289 e. The molecule has 2 aromatic heterocycles. The molecule has 6 heteroatoms. The summed E-state index contributed by atoms with van der Waals surface area (Å²) in [5.74, 6) is 0.328. The average molecular weight is 337 g/mol. The molecule has 3 heterocycles. The summed E-state index contributed by atoms with van der Waals surface area (Å²) in [6.07, 6.45) is 3.77. The van der Waals surface area contributed by atoms with E-state index in [1.165, 1.54) is 6.26 Å². The van der Waals surface area contributed by atoms with Crippen molar-refractivity contribution in [3.05, 3.63) is 60.2 Å². The van der Waals surface area contributed by atoms with Crippen molar-refractivity contribution in [2.75, 3.05) is 26.2 Å². The maximum absolute atomic E-state index is 12.5. The van der Waals surface area contributed by atoms with E-state index in [1.54, 1.807) is 17.0 Å². The molecule has 128 valence electrons. The van der Waals surface area contributed by atoms with Gasteiger partial charge in [-0.25, -0.2) is 0 Å². The predicted octanol–water partition coefficient (Wildman–Crippen LogP) is 2.29. The first-order valence-corrected chi connectivity index (χ1v) is 8.37. The first-order valence-electron chi connectivity index (χ1n) is 8.37. The molecule has 1 N–H and O–H groups in total. The summed E-state index contributed by atoms with van der Waals surface area (Å²) in [6.45, 7) is 2.17. The van der Waals surface area contributed by atoms with Crippen LogP contribution in [-0.2, 0) is 11.2 Å². The minimum absolute atomic E-state index is 0.0972. The molecule has 1 aliphatic heterocycles. The van der Waals surface area contributed by atoms with Crippen LogP contribution in [0.4, 0.5) is 0 Å². The van der Waals surface area contributed by atoms with Crippen molar-refractivity contribution in [3.63, 3.8) is 0 Å². The van der Waals surface area contributed by atoms with E-state index in [-0.39, 0.29) is 11.8 Å². The number of fused-ring (bicyclic) bond motifs is 1. The van der Waals surface area contributed by atoms with Crippen molar-refractivity contribution in [1.82, 2.24) is 14.8 Å². The van der Waals surface area contributed by atoms with Gasteiger partial charge in [0, 0.05) is 37.9 Å². The maximum atomic E-state index is 12.5.